The van der Waals surface area contributed by atoms with E-state index in [9.17, 15) is 9.59 Å². The zero-order valence-electron chi connectivity index (χ0n) is 20.6. The third-order valence-electron chi connectivity index (χ3n) is 5.51. The van der Waals surface area contributed by atoms with E-state index in [-0.39, 0.29) is 17.2 Å². The predicted octanol–water partition coefficient (Wildman–Crippen LogP) is 3.58. The number of amides is 1. The van der Waals surface area contributed by atoms with Gasteiger partial charge in [0.15, 0.2) is 11.5 Å². The standard InChI is InChI=1S/C27H30N2O6/c1-28(13-11-19-9-10-24(34-4)25(17-19)35-5)27(31)23(29-12-7-6-8-26(29)30)16-20-14-21(32-2)18-22(15-20)33-3/h6-10,12,14-18H,11,13H2,1-5H3. The fourth-order valence-corrected chi connectivity index (χ4v) is 3.56. The van der Waals surface area contributed by atoms with Crippen LogP contribution < -0.4 is 24.5 Å². The first-order chi connectivity index (χ1) is 16.9. The van der Waals surface area contributed by atoms with Crippen LogP contribution in [0.5, 0.6) is 23.0 Å². The molecule has 0 aliphatic heterocycles. The van der Waals surface area contributed by atoms with Crippen molar-refractivity contribution in [2.75, 3.05) is 42.0 Å². The Morgan fingerprint density at radius 2 is 1.57 bits per heavy atom. The van der Waals surface area contributed by atoms with E-state index < -0.39 is 0 Å². The zero-order chi connectivity index (χ0) is 25.4. The fourth-order valence-electron chi connectivity index (χ4n) is 3.56. The van der Waals surface area contributed by atoms with E-state index in [1.165, 1.54) is 10.6 Å². The van der Waals surface area contributed by atoms with Crippen LogP contribution in [0.25, 0.3) is 11.8 Å². The van der Waals surface area contributed by atoms with Crippen molar-refractivity contribution in [3.05, 3.63) is 82.3 Å². The number of carbonyl (C=O) groups is 1. The van der Waals surface area contributed by atoms with Crippen molar-refractivity contribution in [1.29, 1.82) is 0 Å². The highest BCUT2D eigenvalue weighted by atomic mass is 16.5. The molecule has 8 nitrogen and oxygen atoms in total. The molecule has 0 aliphatic carbocycles. The number of hydrogen-bond acceptors (Lipinski definition) is 6. The van der Waals surface area contributed by atoms with Crippen molar-refractivity contribution in [2.45, 2.75) is 6.42 Å². The van der Waals surface area contributed by atoms with Gasteiger partial charge in [0.2, 0.25) is 0 Å². The molecule has 0 atom stereocenters. The van der Waals surface area contributed by atoms with Crippen LogP contribution in [-0.4, -0.2) is 57.4 Å². The van der Waals surface area contributed by atoms with Crippen LogP contribution in [0.4, 0.5) is 0 Å². The molecule has 1 aromatic heterocycles. The van der Waals surface area contributed by atoms with Crippen molar-refractivity contribution >= 4 is 17.7 Å². The molecule has 0 bridgehead atoms. The fraction of sp³-hybridized carbons (Fsp3) is 0.259. The van der Waals surface area contributed by atoms with Crippen molar-refractivity contribution < 1.29 is 23.7 Å². The molecule has 0 fully saturated rings. The minimum absolute atomic E-state index is 0.209. The first-order valence-electron chi connectivity index (χ1n) is 11.0. The normalized spacial score (nSPS) is 11.1. The van der Waals surface area contributed by atoms with Crippen LogP contribution in [0.2, 0.25) is 0 Å². The summed E-state index contributed by atoms with van der Waals surface area (Å²) in [5.74, 6) is 2.11. The monoisotopic (exact) mass is 478 g/mol. The van der Waals surface area contributed by atoms with Gasteiger partial charge in [-0.2, -0.15) is 0 Å². The Kier molecular flexibility index (Phi) is 8.56. The van der Waals surface area contributed by atoms with E-state index in [2.05, 4.69) is 0 Å². The largest absolute Gasteiger partial charge is 0.497 e. The molecule has 0 N–H and O–H groups in total. The molecule has 0 saturated heterocycles. The maximum absolute atomic E-state index is 13.5. The van der Waals surface area contributed by atoms with E-state index in [1.807, 2.05) is 18.2 Å². The lowest BCUT2D eigenvalue weighted by atomic mass is 10.1. The third kappa shape index (κ3) is 6.23. The van der Waals surface area contributed by atoms with E-state index in [0.29, 0.717) is 41.5 Å². The predicted molar refractivity (Wildman–Crippen MR) is 135 cm³/mol. The Morgan fingerprint density at radius 1 is 0.886 bits per heavy atom. The maximum Gasteiger partial charge on any atom is 0.270 e. The van der Waals surface area contributed by atoms with Gasteiger partial charge in [-0.1, -0.05) is 12.1 Å². The highest BCUT2D eigenvalue weighted by Crippen LogP contribution is 2.28. The number of likely N-dealkylation sites (N-methyl/N-ethyl adjacent to an activating group) is 1. The summed E-state index contributed by atoms with van der Waals surface area (Å²) in [4.78, 5) is 27.7. The molecule has 2 aromatic carbocycles. The number of methoxy groups -OCH3 is 4. The first kappa shape index (κ1) is 25.4. The summed E-state index contributed by atoms with van der Waals surface area (Å²) < 4.78 is 22.7. The summed E-state index contributed by atoms with van der Waals surface area (Å²) in [6, 6.07) is 15.7. The Balaban J connectivity index is 1.92. The summed E-state index contributed by atoms with van der Waals surface area (Å²) in [6.45, 7) is 0.425. The molecular weight excluding hydrogens is 448 g/mol. The molecule has 0 aliphatic rings. The first-order valence-corrected chi connectivity index (χ1v) is 11.0. The van der Waals surface area contributed by atoms with Gasteiger partial charge >= 0.3 is 0 Å². The molecule has 0 unspecified atom stereocenters. The maximum atomic E-state index is 13.5. The second kappa shape index (κ2) is 11.8. The number of pyridine rings is 1. The number of nitrogens with zero attached hydrogens (tertiary/aromatic N) is 2. The van der Waals surface area contributed by atoms with Crippen molar-refractivity contribution in [1.82, 2.24) is 9.47 Å². The number of ether oxygens (including phenoxy) is 4. The van der Waals surface area contributed by atoms with Crippen LogP contribution in [0, 0.1) is 0 Å². The molecule has 3 aromatic rings. The van der Waals surface area contributed by atoms with E-state index >= 15 is 0 Å². The van der Waals surface area contributed by atoms with Gasteiger partial charge < -0.3 is 23.8 Å². The van der Waals surface area contributed by atoms with Crippen LogP contribution >= 0.6 is 0 Å². The van der Waals surface area contributed by atoms with E-state index in [1.54, 1.807) is 83.0 Å². The number of aromatic nitrogens is 1. The Morgan fingerprint density at radius 3 is 2.17 bits per heavy atom. The second-order valence-electron chi connectivity index (χ2n) is 7.75. The van der Waals surface area contributed by atoms with Gasteiger partial charge in [0, 0.05) is 31.9 Å². The number of benzene rings is 2. The summed E-state index contributed by atoms with van der Waals surface area (Å²) in [5, 5.41) is 0. The molecular formula is C27H30N2O6. The summed E-state index contributed by atoms with van der Waals surface area (Å²) in [7, 11) is 7.98. The van der Waals surface area contributed by atoms with Gasteiger partial charge in [0.1, 0.15) is 17.2 Å². The third-order valence-corrected chi connectivity index (χ3v) is 5.51. The number of rotatable bonds is 10. The summed E-state index contributed by atoms with van der Waals surface area (Å²) >= 11 is 0. The highest BCUT2D eigenvalue weighted by Gasteiger charge is 2.18. The highest BCUT2D eigenvalue weighted by molar-refractivity contribution is 6.18. The number of hydrogen-bond donors (Lipinski definition) is 0. The van der Waals surface area contributed by atoms with E-state index in [0.717, 1.165) is 5.56 Å². The molecule has 3 rings (SSSR count). The molecule has 0 spiro atoms. The molecule has 184 valence electrons. The van der Waals surface area contributed by atoms with Gasteiger partial charge in [0.25, 0.3) is 11.5 Å². The molecule has 0 saturated carbocycles. The van der Waals surface area contributed by atoms with Gasteiger partial charge in [-0.15, -0.1) is 0 Å². The average Bonchev–Trinajstić information content (AvgIpc) is 2.89. The summed E-state index contributed by atoms with van der Waals surface area (Å²) in [5.41, 5.74) is 1.55. The smallest absolute Gasteiger partial charge is 0.270 e. The van der Waals surface area contributed by atoms with E-state index in [4.69, 9.17) is 18.9 Å². The molecule has 1 heterocycles. The molecule has 8 heteroatoms. The lowest BCUT2D eigenvalue weighted by Crippen LogP contribution is -2.33. The minimum atomic E-state index is -0.310. The van der Waals surface area contributed by atoms with Crippen LogP contribution in [-0.2, 0) is 11.2 Å². The van der Waals surface area contributed by atoms with Crippen LogP contribution in [0.1, 0.15) is 11.1 Å². The Labute approximate surface area is 204 Å². The zero-order valence-corrected chi connectivity index (χ0v) is 20.6. The lowest BCUT2D eigenvalue weighted by molar-refractivity contribution is -0.124. The van der Waals surface area contributed by atoms with Crippen molar-refractivity contribution in [3.63, 3.8) is 0 Å². The van der Waals surface area contributed by atoms with Gasteiger partial charge in [-0.25, -0.2) is 0 Å². The Hall–Kier alpha value is -4.20. The molecule has 0 radical (unpaired) electrons. The Bertz CT molecular complexity index is 1240. The van der Waals surface area contributed by atoms with Gasteiger partial charge in [0.05, 0.1) is 28.4 Å². The van der Waals surface area contributed by atoms with Gasteiger partial charge in [-0.05, 0) is 54.0 Å². The van der Waals surface area contributed by atoms with Crippen molar-refractivity contribution in [2.24, 2.45) is 0 Å². The van der Waals surface area contributed by atoms with Crippen LogP contribution in [0.3, 0.4) is 0 Å². The van der Waals surface area contributed by atoms with Gasteiger partial charge in [-0.3, -0.25) is 14.2 Å². The number of carbonyl (C=O) groups excluding carboxylic acids is 1. The molecule has 1 amide bonds. The SMILES string of the molecule is COc1cc(C=C(C(=O)N(C)CCc2ccc(OC)c(OC)c2)n2ccccc2=O)cc(OC)c1. The van der Waals surface area contributed by atoms with Crippen molar-refractivity contribution in [3.8, 4) is 23.0 Å². The molecule has 35 heavy (non-hydrogen) atoms. The topological polar surface area (TPSA) is 79.2 Å². The minimum Gasteiger partial charge on any atom is -0.497 e. The summed E-state index contributed by atoms with van der Waals surface area (Å²) in [6.07, 6.45) is 3.82. The quantitative estimate of drug-likeness (QED) is 0.415. The average molecular weight is 479 g/mol. The van der Waals surface area contributed by atoms with Crippen LogP contribution in [0.15, 0.2) is 65.6 Å². The second-order valence-corrected chi connectivity index (χ2v) is 7.75. The lowest BCUT2D eigenvalue weighted by Gasteiger charge is -2.20.